The van der Waals surface area contributed by atoms with Gasteiger partial charge >= 0.3 is 0 Å². The summed E-state index contributed by atoms with van der Waals surface area (Å²) in [6, 6.07) is 13.1. The van der Waals surface area contributed by atoms with E-state index in [2.05, 4.69) is 36.9 Å². The van der Waals surface area contributed by atoms with Crippen molar-refractivity contribution in [1.82, 2.24) is 20.2 Å². The molecule has 0 bridgehead atoms. The van der Waals surface area contributed by atoms with Crippen LogP contribution < -0.4 is 10.6 Å². The zero-order chi connectivity index (χ0) is 19.1. The number of aromatic nitrogens is 4. The van der Waals surface area contributed by atoms with Gasteiger partial charge in [0.05, 0.1) is 27.7 Å². The molecule has 0 saturated carbocycles. The van der Waals surface area contributed by atoms with Gasteiger partial charge in [-0.15, -0.1) is 11.3 Å². The number of nitrogens with zero attached hydrogens (tertiary/aromatic N) is 2. The van der Waals surface area contributed by atoms with Gasteiger partial charge in [0, 0.05) is 16.6 Å². The van der Waals surface area contributed by atoms with Crippen molar-refractivity contribution in [3.05, 3.63) is 65.2 Å². The van der Waals surface area contributed by atoms with E-state index in [-0.39, 0.29) is 5.91 Å². The lowest BCUT2D eigenvalue weighted by molar-refractivity contribution is 0.102. The normalized spacial score (nSPS) is 11.2. The number of fused-ring (bicyclic) bond motifs is 2. The molecule has 0 radical (unpaired) electrons. The maximum Gasteiger partial charge on any atom is 0.255 e. The first-order valence-corrected chi connectivity index (χ1v) is 9.59. The molecule has 138 valence electrons. The van der Waals surface area contributed by atoms with Gasteiger partial charge in [0.1, 0.15) is 0 Å². The second-order valence-corrected chi connectivity index (χ2v) is 7.42. The summed E-state index contributed by atoms with van der Waals surface area (Å²) in [7, 11) is 0. The Balaban J connectivity index is 1.39. The van der Waals surface area contributed by atoms with E-state index in [1.807, 2.05) is 36.6 Å². The van der Waals surface area contributed by atoms with E-state index in [0.29, 0.717) is 17.2 Å². The van der Waals surface area contributed by atoms with Gasteiger partial charge in [-0.2, -0.15) is 5.10 Å². The lowest BCUT2D eigenvalue weighted by Crippen LogP contribution is -2.11. The van der Waals surface area contributed by atoms with Crippen LogP contribution in [0, 0.1) is 6.92 Å². The van der Waals surface area contributed by atoms with Crippen LogP contribution in [0.25, 0.3) is 21.9 Å². The predicted octanol–water partition coefficient (Wildman–Crippen LogP) is 4.81. The zero-order valence-electron chi connectivity index (χ0n) is 14.9. The minimum absolute atomic E-state index is 0.182. The Labute approximate surface area is 163 Å². The van der Waals surface area contributed by atoms with Crippen LogP contribution in [-0.4, -0.2) is 26.1 Å². The third kappa shape index (κ3) is 2.99. The van der Waals surface area contributed by atoms with Gasteiger partial charge in [-0.25, -0.2) is 4.98 Å². The quantitative estimate of drug-likeness (QED) is 0.355. The molecule has 3 heterocycles. The Kier molecular flexibility index (Phi) is 3.84. The average Bonchev–Trinajstić information content (AvgIpc) is 3.41. The van der Waals surface area contributed by atoms with E-state index in [0.717, 1.165) is 26.9 Å². The number of aryl methyl sites for hydroxylation is 1. The Morgan fingerprint density at radius 1 is 1.11 bits per heavy atom. The zero-order valence-corrected chi connectivity index (χ0v) is 15.7. The number of rotatable bonds is 4. The van der Waals surface area contributed by atoms with Crippen molar-refractivity contribution in [3.8, 4) is 0 Å². The summed E-state index contributed by atoms with van der Waals surface area (Å²) in [5.41, 5.74) is 4.91. The molecule has 28 heavy (non-hydrogen) atoms. The molecule has 3 aromatic heterocycles. The van der Waals surface area contributed by atoms with Crippen LogP contribution in [-0.2, 0) is 0 Å². The maximum absolute atomic E-state index is 12.7. The van der Waals surface area contributed by atoms with Gasteiger partial charge in [-0.05, 0) is 60.3 Å². The van der Waals surface area contributed by atoms with Crippen molar-refractivity contribution in [3.63, 3.8) is 0 Å². The summed E-state index contributed by atoms with van der Waals surface area (Å²) in [6.45, 7) is 2.05. The smallest absolute Gasteiger partial charge is 0.255 e. The van der Waals surface area contributed by atoms with Crippen LogP contribution in [0.3, 0.4) is 0 Å². The van der Waals surface area contributed by atoms with Crippen LogP contribution >= 0.6 is 11.3 Å². The molecule has 0 spiro atoms. The highest BCUT2D eigenvalue weighted by molar-refractivity contribution is 7.14. The number of carbonyl (C=O) groups excluding carboxylic acids is 1. The fraction of sp³-hybridized carbons (Fsp3) is 0.0500. The molecule has 0 aliphatic heterocycles. The topological polar surface area (TPSA) is 98.5 Å². The van der Waals surface area contributed by atoms with E-state index in [9.17, 15) is 4.79 Å². The molecule has 7 nitrogen and oxygen atoms in total. The number of hydrogen-bond acceptors (Lipinski definition) is 5. The van der Waals surface area contributed by atoms with Crippen molar-refractivity contribution in [1.29, 1.82) is 0 Å². The highest BCUT2D eigenvalue weighted by Crippen LogP contribution is 2.26. The van der Waals surface area contributed by atoms with Gasteiger partial charge < -0.3 is 15.6 Å². The number of hydrogen-bond donors (Lipinski definition) is 4. The number of imidazole rings is 1. The fourth-order valence-corrected chi connectivity index (χ4v) is 3.85. The highest BCUT2D eigenvalue weighted by Gasteiger charge is 2.11. The van der Waals surface area contributed by atoms with Gasteiger partial charge in [0.2, 0.25) is 5.95 Å². The summed E-state index contributed by atoms with van der Waals surface area (Å²) >= 11 is 1.62. The van der Waals surface area contributed by atoms with Gasteiger partial charge in [0.15, 0.2) is 0 Å². The average molecular weight is 388 g/mol. The van der Waals surface area contributed by atoms with Crippen LogP contribution in [0.2, 0.25) is 0 Å². The van der Waals surface area contributed by atoms with Gasteiger partial charge in [0.25, 0.3) is 5.91 Å². The Bertz CT molecular complexity index is 1310. The van der Waals surface area contributed by atoms with E-state index in [4.69, 9.17) is 0 Å². The highest BCUT2D eigenvalue weighted by atomic mass is 32.1. The number of nitrogens with one attached hydrogen (secondary N) is 4. The third-order valence-electron chi connectivity index (χ3n) is 4.54. The first-order valence-electron chi connectivity index (χ1n) is 8.71. The van der Waals surface area contributed by atoms with Crippen molar-refractivity contribution in [2.45, 2.75) is 6.92 Å². The van der Waals surface area contributed by atoms with Crippen LogP contribution in [0.4, 0.5) is 16.6 Å². The molecule has 0 fully saturated rings. The second-order valence-electron chi connectivity index (χ2n) is 6.50. The monoisotopic (exact) mass is 388 g/mol. The number of benzene rings is 2. The van der Waals surface area contributed by atoms with E-state index >= 15 is 0 Å². The van der Waals surface area contributed by atoms with E-state index < -0.39 is 0 Å². The summed E-state index contributed by atoms with van der Waals surface area (Å²) in [4.78, 5) is 20.4. The molecule has 8 heteroatoms. The second kappa shape index (κ2) is 6.50. The fourth-order valence-electron chi connectivity index (χ4n) is 3.04. The van der Waals surface area contributed by atoms with Crippen molar-refractivity contribution in [2.24, 2.45) is 0 Å². The SMILES string of the molecule is Cc1ccsc1Nc1nc2ccc(C(=O)Nc3ccc4cn[nH]c4c3)cc2[nH]1. The molecular weight excluding hydrogens is 372 g/mol. The Morgan fingerprint density at radius 3 is 2.89 bits per heavy atom. The number of carbonyl (C=O) groups is 1. The minimum atomic E-state index is -0.182. The lowest BCUT2D eigenvalue weighted by Gasteiger charge is -2.05. The largest absolute Gasteiger partial charge is 0.324 e. The van der Waals surface area contributed by atoms with E-state index in [1.54, 1.807) is 29.7 Å². The van der Waals surface area contributed by atoms with Crippen molar-refractivity contribution in [2.75, 3.05) is 10.6 Å². The maximum atomic E-state index is 12.7. The standard InChI is InChI=1S/C20H16N6OS/c1-11-6-7-28-19(11)25-20-23-15-5-3-12(8-17(15)24-20)18(27)22-14-4-2-13-10-21-26-16(13)9-14/h2-10H,1H3,(H,21,26)(H,22,27)(H2,23,24,25). The molecule has 0 aliphatic rings. The molecule has 5 aromatic rings. The number of H-pyrrole nitrogens is 2. The summed E-state index contributed by atoms with van der Waals surface area (Å²) in [5, 5.41) is 17.2. The van der Waals surface area contributed by atoms with Gasteiger partial charge in [-0.3, -0.25) is 9.89 Å². The van der Waals surface area contributed by atoms with Crippen molar-refractivity contribution < 1.29 is 4.79 Å². The van der Waals surface area contributed by atoms with Crippen LogP contribution in [0.15, 0.2) is 54.0 Å². The first-order chi connectivity index (χ1) is 13.7. The summed E-state index contributed by atoms with van der Waals surface area (Å²) < 4.78 is 0. The summed E-state index contributed by atoms with van der Waals surface area (Å²) in [6.07, 6.45) is 1.75. The lowest BCUT2D eigenvalue weighted by atomic mass is 10.1. The third-order valence-corrected chi connectivity index (χ3v) is 5.47. The molecule has 4 N–H and O–H groups in total. The van der Waals surface area contributed by atoms with Crippen molar-refractivity contribution >= 4 is 55.8 Å². The summed E-state index contributed by atoms with van der Waals surface area (Å²) in [5.74, 6) is 0.474. The predicted molar refractivity (Wildman–Crippen MR) is 112 cm³/mol. The van der Waals surface area contributed by atoms with Gasteiger partial charge in [-0.1, -0.05) is 0 Å². The molecule has 0 aliphatic carbocycles. The molecule has 0 unspecified atom stereocenters. The molecule has 2 aromatic carbocycles. The molecule has 5 rings (SSSR count). The van der Waals surface area contributed by atoms with E-state index in [1.165, 1.54) is 5.56 Å². The number of aromatic amines is 2. The number of anilines is 3. The molecule has 0 atom stereocenters. The minimum Gasteiger partial charge on any atom is -0.324 e. The number of thiophene rings is 1. The number of amides is 1. The molecule has 1 amide bonds. The Hall–Kier alpha value is -3.65. The van der Waals surface area contributed by atoms with Crippen LogP contribution in [0.5, 0.6) is 0 Å². The first kappa shape index (κ1) is 16.5. The molecule has 0 saturated heterocycles. The van der Waals surface area contributed by atoms with Crippen LogP contribution in [0.1, 0.15) is 15.9 Å². The Morgan fingerprint density at radius 2 is 2.04 bits per heavy atom. The molecular formula is C20H16N6OS.